The van der Waals surface area contributed by atoms with Crippen molar-refractivity contribution in [1.29, 1.82) is 0 Å². The van der Waals surface area contributed by atoms with Gasteiger partial charge in [0.05, 0.1) is 22.1 Å². The number of benzene rings is 1. The van der Waals surface area contributed by atoms with Gasteiger partial charge in [-0.2, -0.15) is 0 Å². The lowest BCUT2D eigenvalue weighted by Gasteiger charge is -2.33. The van der Waals surface area contributed by atoms with E-state index in [2.05, 4.69) is 5.32 Å². The molecule has 0 spiro atoms. The summed E-state index contributed by atoms with van der Waals surface area (Å²) < 4.78 is 13.7. The molecule has 1 atom stereocenters. The summed E-state index contributed by atoms with van der Waals surface area (Å²) in [5, 5.41) is 13.2. The van der Waals surface area contributed by atoms with Crippen LogP contribution in [0, 0.1) is 21.8 Å². The zero-order valence-corrected chi connectivity index (χ0v) is 12.9. The molecule has 0 radical (unpaired) electrons. The van der Waals surface area contributed by atoms with E-state index in [1.54, 1.807) is 6.92 Å². The van der Waals surface area contributed by atoms with Gasteiger partial charge >= 0.3 is 0 Å². The number of amides is 1. The molecular formula is C13H19ClFN3O3. The first-order valence-electron chi connectivity index (χ1n) is 6.18. The van der Waals surface area contributed by atoms with E-state index in [0.717, 1.165) is 18.2 Å². The normalized spacial score (nSPS) is 13.2. The minimum atomic E-state index is -0.931. The highest BCUT2D eigenvalue weighted by Gasteiger charge is 2.30. The van der Waals surface area contributed by atoms with E-state index in [1.807, 2.05) is 13.8 Å². The average molecular weight is 320 g/mol. The molecule has 0 bridgehead atoms. The Labute approximate surface area is 128 Å². The van der Waals surface area contributed by atoms with Crippen molar-refractivity contribution in [3.8, 4) is 0 Å². The van der Waals surface area contributed by atoms with Gasteiger partial charge in [-0.3, -0.25) is 14.9 Å². The summed E-state index contributed by atoms with van der Waals surface area (Å²) in [6, 6.07) is 2.91. The number of carbonyl (C=O) groups is 1. The van der Waals surface area contributed by atoms with E-state index in [1.165, 1.54) is 0 Å². The topological polar surface area (TPSA) is 98.3 Å². The Kier molecular flexibility index (Phi) is 6.72. The molecule has 1 aromatic rings. The fourth-order valence-electron chi connectivity index (χ4n) is 1.56. The highest BCUT2D eigenvalue weighted by Crippen LogP contribution is 2.19. The van der Waals surface area contributed by atoms with E-state index in [-0.39, 0.29) is 30.4 Å². The zero-order chi connectivity index (χ0) is 15.5. The van der Waals surface area contributed by atoms with Gasteiger partial charge in [-0.05, 0) is 18.9 Å². The highest BCUT2D eigenvalue weighted by molar-refractivity contribution is 5.95. The van der Waals surface area contributed by atoms with Crippen LogP contribution in [0.1, 0.15) is 31.1 Å². The number of carbonyl (C=O) groups excluding carboxylic acids is 1. The molecule has 0 fully saturated rings. The Bertz CT molecular complexity index is 539. The van der Waals surface area contributed by atoms with Crippen LogP contribution in [0.2, 0.25) is 0 Å². The molecule has 0 saturated heterocycles. The number of rotatable bonds is 5. The number of hydrogen-bond acceptors (Lipinski definition) is 4. The molecule has 0 aliphatic heterocycles. The average Bonchev–Trinajstić information content (AvgIpc) is 2.37. The first-order valence-corrected chi connectivity index (χ1v) is 6.18. The lowest BCUT2D eigenvalue weighted by molar-refractivity contribution is -0.385. The standard InChI is InChI=1S/C13H18FN3O3.ClH/c1-8(2)13(3,7-15)16-12(18)10-5-4-9(17(19)20)6-11(10)14;/h4-6,8H,7,15H2,1-3H3,(H,16,18);1H. The van der Waals surface area contributed by atoms with Crippen molar-refractivity contribution in [2.45, 2.75) is 26.3 Å². The number of halogens is 2. The molecule has 118 valence electrons. The molecule has 1 unspecified atom stereocenters. The predicted molar refractivity (Wildman–Crippen MR) is 80.1 cm³/mol. The van der Waals surface area contributed by atoms with Crippen LogP contribution in [-0.2, 0) is 0 Å². The lowest BCUT2D eigenvalue weighted by Crippen LogP contribution is -2.55. The number of nitrogens with one attached hydrogen (secondary N) is 1. The molecule has 3 N–H and O–H groups in total. The number of hydrogen-bond donors (Lipinski definition) is 2. The summed E-state index contributed by atoms with van der Waals surface area (Å²) in [7, 11) is 0. The van der Waals surface area contributed by atoms with Crippen LogP contribution >= 0.6 is 12.4 Å². The monoisotopic (exact) mass is 319 g/mol. The van der Waals surface area contributed by atoms with Crippen molar-refractivity contribution in [3.05, 3.63) is 39.7 Å². The summed E-state index contributed by atoms with van der Waals surface area (Å²) in [4.78, 5) is 21.9. The molecule has 0 aliphatic rings. The molecule has 1 amide bonds. The van der Waals surface area contributed by atoms with Gasteiger partial charge in [-0.1, -0.05) is 13.8 Å². The zero-order valence-electron chi connectivity index (χ0n) is 12.1. The van der Waals surface area contributed by atoms with Gasteiger partial charge < -0.3 is 11.1 Å². The minimum Gasteiger partial charge on any atom is -0.345 e. The van der Waals surface area contributed by atoms with E-state index < -0.39 is 27.9 Å². The lowest BCUT2D eigenvalue weighted by atomic mass is 9.88. The number of nitrogens with zero attached hydrogens (tertiary/aromatic N) is 1. The third-order valence-electron chi connectivity index (χ3n) is 3.51. The van der Waals surface area contributed by atoms with Crippen molar-refractivity contribution in [2.24, 2.45) is 11.7 Å². The van der Waals surface area contributed by atoms with Crippen LogP contribution in [0.25, 0.3) is 0 Å². The van der Waals surface area contributed by atoms with Gasteiger partial charge in [-0.25, -0.2) is 4.39 Å². The maximum Gasteiger partial charge on any atom is 0.272 e. The minimum absolute atomic E-state index is 0. The fourth-order valence-corrected chi connectivity index (χ4v) is 1.56. The number of nitro benzene ring substituents is 1. The van der Waals surface area contributed by atoms with Crippen molar-refractivity contribution >= 4 is 24.0 Å². The summed E-state index contributed by atoms with van der Waals surface area (Å²) in [5.74, 6) is -1.52. The Hall–Kier alpha value is -1.73. The van der Waals surface area contributed by atoms with Gasteiger partial charge in [0.2, 0.25) is 0 Å². The molecule has 0 heterocycles. The van der Waals surface area contributed by atoms with E-state index in [4.69, 9.17) is 5.73 Å². The molecule has 8 heteroatoms. The number of nitrogens with two attached hydrogens (primary N) is 1. The molecule has 1 aromatic carbocycles. The summed E-state index contributed by atoms with van der Waals surface area (Å²) >= 11 is 0. The molecular weight excluding hydrogens is 301 g/mol. The van der Waals surface area contributed by atoms with E-state index in [9.17, 15) is 19.3 Å². The maximum atomic E-state index is 13.7. The second-order valence-corrected chi connectivity index (χ2v) is 5.15. The number of non-ortho nitro benzene ring substituents is 1. The molecule has 21 heavy (non-hydrogen) atoms. The Morgan fingerprint density at radius 3 is 2.48 bits per heavy atom. The Balaban J connectivity index is 0.00000400. The van der Waals surface area contributed by atoms with Crippen molar-refractivity contribution in [1.82, 2.24) is 5.32 Å². The smallest absolute Gasteiger partial charge is 0.272 e. The molecule has 6 nitrogen and oxygen atoms in total. The molecule has 1 rings (SSSR count). The van der Waals surface area contributed by atoms with Gasteiger partial charge in [-0.15, -0.1) is 12.4 Å². The van der Waals surface area contributed by atoms with Crippen LogP contribution in [-0.4, -0.2) is 22.9 Å². The molecule has 0 aliphatic carbocycles. The van der Waals surface area contributed by atoms with Gasteiger partial charge in [0.25, 0.3) is 11.6 Å². The third kappa shape index (κ3) is 4.37. The van der Waals surface area contributed by atoms with Gasteiger partial charge in [0.15, 0.2) is 0 Å². The second-order valence-electron chi connectivity index (χ2n) is 5.15. The van der Waals surface area contributed by atoms with Gasteiger partial charge in [0.1, 0.15) is 5.82 Å². The maximum absolute atomic E-state index is 13.7. The van der Waals surface area contributed by atoms with Crippen molar-refractivity contribution in [2.75, 3.05) is 6.54 Å². The quantitative estimate of drug-likeness (QED) is 0.642. The summed E-state index contributed by atoms with van der Waals surface area (Å²) in [5.41, 5.74) is 4.32. The van der Waals surface area contributed by atoms with Gasteiger partial charge in [0, 0.05) is 12.6 Å². The third-order valence-corrected chi connectivity index (χ3v) is 3.51. The first-order chi connectivity index (χ1) is 9.21. The largest absolute Gasteiger partial charge is 0.345 e. The SMILES string of the molecule is CC(C)C(C)(CN)NC(=O)c1ccc([N+](=O)[O-])cc1F.Cl. The van der Waals surface area contributed by atoms with E-state index in [0.29, 0.717) is 0 Å². The Morgan fingerprint density at radius 2 is 2.10 bits per heavy atom. The van der Waals surface area contributed by atoms with E-state index >= 15 is 0 Å². The fraction of sp³-hybridized carbons (Fsp3) is 0.462. The van der Waals surface area contributed by atoms with Crippen LogP contribution < -0.4 is 11.1 Å². The Morgan fingerprint density at radius 1 is 1.52 bits per heavy atom. The molecule has 0 aromatic heterocycles. The summed E-state index contributed by atoms with van der Waals surface area (Å²) in [6.07, 6.45) is 0. The number of nitro groups is 1. The first kappa shape index (κ1) is 19.3. The summed E-state index contributed by atoms with van der Waals surface area (Å²) in [6.45, 7) is 5.74. The van der Waals surface area contributed by atoms with Crippen molar-refractivity contribution < 1.29 is 14.1 Å². The second kappa shape index (κ2) is 7.33. The van der Waals surface area contributed by atoms with Crippen LogP contribution in [0.4, 0.5) is 10.1 Å². The van der Waals surface area contributed by atoms with Crippen LogP contribution in [0.3, 0.4) is 0 Å². The highest BCUT2D eigenvalue weighted by atomic mass is 35.5. The molecule has 0 saturated carbocycles. The van der Waals surface area contributed by atoms with Crippen molar-refractivity contribution in [3.63, 3.8) is 0 Å². The van der Waals surface area contributed by atoms with Crippen LogP contribution in [0.5, 0.6) is 0 Å². The predicted octanol–water partition coefficient (Wildman–Crippen LogP) is 2.26. The van der Waals surface area contributed by atoms with Crippen LogP contribution in [0.15, 0.2) is 18.2 Å².